The van der Waals surface area contributed by atoms with E-state index in [1.54, 1.807) is 26.0 Å². The average Bonchev–Trinajstić information content (AvgIpc) is 2.75. The summed E-state index contributed by atoms with van der Waals surface area (Å²) in [6.07, 6.45) is -0.246. The van der Waals surface area contributed by atoms with Gasteiger partial charge in [0.1, 0.15) is 23.9 Å². The molecule has 0 heterocycles. The normalized spacial score (nSPS) is 14.4. The number of nitrogens with two attached hydrogens (primary N) is 2. The molecule has 0 aliphatic carbocycles. The maximum atomic E-state index is 12.7. The number of amides is 4. The second-order valence-corrected chi connectivity index (χ2v) is 8.34. The van der Waals surface area contributed by atoms with Gasteiger partial charge in [-0.25, -0.2) is 4.79 Å². The lowest BCUT2D eigenvalue weighted by Gasteiger charge is -2.25. The van der Waals surface area contributed by atoms with Crippen LogP contribution < -0.4 is 27.4 Å². The predicted molar refractivity (Wildman–Crippen MR) is 122 cm³/mol. The number of carbonyl (C=O) groups excluding carboxylic acids is 4. The van der Waals surface area contributed by atoms with Gasteiger partial charge in [-0.05, 0) is 43.4 Å². The third-order valence-corrected chi connectivity index (χ3v) is 5.02. The number of phenolic OH excluding ortho intramolecular Hbond substituents is 1. The summed E-state index contributed by atoms with van der Waals surface area (Å²) in [4.78, 5) is 59.8. The molecule has 1 rings (SSSR count). The van der Waals surface area contributed by atoms with Crippen molar-refractivity contribution in [2.75, 3.05) is 0 Å². The SMILES string of the molecule is CC(NC(=O)C(NC(=O)C(N)Cc1ccc(O)cc1)C(C)C)C(=O)NC(CCC(N)=O)C(=O)O. The van der Waals surface area contributed by atoms with E-state index in [4.69, 9.17) is 11.5 Å². The Morgan fingerprint density at radius 1 is 0.912 bits per heavy atom. The molecule has 0 radical (unpaired) electrons. The van der Waals surface area contributed by atoms with E-state index in [1.165, 1.54) is 19.1 Å². The van der Waals surface area contributed by atoms with Crippen molar-refractivity contribution in [2.24, 2.45) is 17.4 Å². The number of nitrogens with one attached hydrogen (secondary N) is 3. The zero-order chi connectivity index (χ0) is 26.0. The first-order valence-electron chi connectivity index (χ1n) is 10.8. The van der Waals surface area contributed by atoms with Crippen LogP contribution in [0, 0.1) is 5.92 Å². The molecule has 12 nitrogen and oxygen atoms in total. The van der Waals surface area contributed by atoms with Crippen LogP contribution in [0.2, 0.25) is 0 Å². The topological polar surface area (TPSA) is 214 Å². The van der Waals surface area contributed by atoms with Gasteiger partial charge in [0.2, 0.25) is 23.6 Å². The molecule has 4 unspecified atom stereocenters. The number of aromatic hydroxyl groups is 1. The molecule has 0 saturated carbocycles. The highest BCUT2D eigenvalue weighted by Crippen LogP contribution is 2.11. The second kappa shape index (κ2) is 13.1. The van der Waals surface area contributed by atoms with Gasteiger partial charge in [0.05, 0.1) is 6.04 Å². The van der Waals surface area contributed by atoms with Gasteiger partial charge in [0, 0.05) is 6.42 Å². The van der Waals surface area contributed by atoms with E-state index in [1.807, 2.05) is 0 Å². The number of rotatable bonds is 13. The fraction of sp³-hybridized carbons (Fsp3) is 0.500. The molecule has 0 fully saturated rings. The molecule has 1 aromatic rings. The third-order valence-electron chi connectivity index (χ3n) is 5.02. The largest absolute Gasteiger partial charge is 0.508 e. The van der Waals surface area contributed by atoms with Gasteiger partial charge in [0.15, 0.2) is 0 Å². The standard InChI is InChI=1S/C22H33N5O7/c1-11(2)18(27-20(31)15(23)10-13-4-6-14(28)7-5-13)21(32)25-12(3)19(30)26-16(22(33)34)8-9-17(24)29/h4-7,11-12,15-16,18,28H,8-10,23H2,1-3H3,(H2,24,29)(H,25,32)(H,26,30)(H,27,31)(H,33,34). The fourth-order valence-corrected chi connectivity index (χ4v) is 2.98. The zero-order valence-corrected chi connectivity index (χ0v) is 19.4. The Hall–Kier alpha value is -3.67. The Bertz CT molecular complexity index is 888. The van der Waals surface area contributed by atoms with E-state index in [0.717, 1.165) is 5.56 Å². The van der Waals surface area contributed by atoms with E-state index < -0.39 is 53.8 Å². The summed E-state index contributed by atoms with van der Waals surface area (Å²) >= 11 is 0. The average molecular weight is 480 g/mol. The molecule has 12 heteroatoms. The summed E-state index contributed by atoms with van der Waals surface area (Å²) in [7, 11) is 0. The minimum atomic E-state index is -1.35. The van der Waals surface area contributed by atoms with E-state index in [2.05, 4.69) is 16.0 Å². The number of hydrogen-bond donors (Lipinski definition) is 7. The van der Waals surface area contributed by atoms with Crippen LogP contribution in [0.5, 0.6) is 5.75 Å². The summed E-state index contributed by atoms with van der Waals surface area (Å²) < 4.78 is 0. The minimum absolute atomic E-state index is 0.0824. The van der Waals surface area contributed by atoms with Gasteiger partial charge in [-0.3, -0.25) is 19.2 Å². The number of carboxylic acids is 1. The van der Waals surface area contributed by atoms with Gasteiger partial charge >= 0.3 is 5.97 Å². The molecular weight excluding hydrogens is 446 g/mol. The Morgan fingerprint density at radius 2 is 1.50 bits per heavy atom. The number of primary amides is 1. The molecule has 0 aliphatic heterocycles. The van der Waals surface area contributed by atoms with Crippen LogP contribution in [0.25, 0.3) is 0 Å². The van der Waals surface area contributed by atoms with E-state index >= 15 is 0 Å². The Balaban J connectivity index is 2.72. The van der Waals surface area contributed by atoms with Gasteiger partial charge in [-0.1, -0.05) is 26.0 Å². The number of carbonyl (C=O) groups is 5. The number of carboxylic acid groups (broad SMARTS) is 1. The highest BCUT2D eigenvalue weighted by molar-refractivity contribution is 5.94. The van der Waals surface area contributed by atoms with Gasteiger partial charge < -0.3 is 37.6 Å². The van der Waals surface area contributed by atoms with E-state index in [9.17, 15) is 34.2 Å². The zero-order valence-electron chi connectivity index (χ0n) is 19.4. The van der Waals surface area contributed by atoms with Crippen molar-refractivity contribution in [3.05, 3.63) is 29.8 Å². The monoisotopic (exact) mass is 479 g/mol. The van der Waals surface area contributed by atoms with Crippen molar-refractivity contribution in [1.82, 2.24) is 16.0 Å². The van der Waals surface area contributed by atoms with Gasteiger partial charge in [0.25, 0.3) is 0 Å². The van der Waals surface area contributed by atoms with Crippen LogP contribution >= 0.6 is 0 Å². The molecule has 9 N–H and O–H groups in total. The van der Waals surface area contributed by atoms with E-state index in [0.29, 0.717) is 0 Å². The molecular formula is C22H33N5O7. The smallest absolute Gasteiger partial charge is 0.326 e. The molecule has 1 aromatic carbocycles. The van der Waals surface area contributed by atoms with Crippen LogP contribution in [-0.2, 0) is 30.4 Å². The highest BCUT2D eigenvalue weighted by atomic mass is 16.4. The molecule has 0 spiro atoms. The summed E-state index contributed by atoms with van der Waals surface area (Å²) in [5.41, 5.74) is 11.7. The quantitative estimate of drug-likeness (QED) is 0.181. The molecule has 188 valence electrons. The van der Waals surface area contributed by atoms with Crippen molar-refractivity contribution < 1.29 is 34.2 Å². The van der Waals surface area contributed by atoms with Crippen LogP contribution in [0.4, 0.5) is 0 Å². The lowest BCUT2D eigenvalue weighted by Crippen LogP contribution is -2.57. The lowest BCUT2D eigenvalue weighted by atomic mass is 10.0. The first-order valence-corrected chi connectivity index (χ1v) is 10.8. The van der Waals surface area contributed by atoms with Gasteiger partial charge in [-0.15, -0.1) is 0 Å². The molecule has 34 heavy (non-hydrogen) atoms. The van der Waals surface area contributed by atoms with Crippen LogP contribution in [0.3, 0.4) is 0 Å². The molecule has 4 atom stereocenters. The third kappa shape index (κ3) is 9.45. The van der Waals surface area contributed by atoms with Crippen molar-refractivity contribution in [1.29, 1.82) is 0 Å². The Kier molecular flexibility index (Phi) is 11.0. The number of benzene rings is 1. The molecule has 0 bridgehead atoms. The van der Waals surface area contributed by atoms with E-state index in [-0.39, 0.29) is 30.9 Å². The number of phenols is 1. The molecule has 0 saturated heterocycles. The first kappa shape index (κ1) is 28.4. The molecule has 0 aliphatic rings. The van der Waals surface area contributed by atoms with Crippen molar-refractivity contribution in [3.63, 3.8) is 0 Å². The Morgan fingerprint density at radius 3 is 2.00 bits per heavy atom. The Labute approximate surface area is 197 Å². The van der Waals surface area contributed by atoms with Crippen LogP contribution in [-0.4, -0.2) is 64.0 Å². The molecule has 0 aromatic heterocycles. The van der Waals surface area contributed by atoms with Crippen molar-refractivity contribution in [2.45, 2.75) is 64.2 Å². The summed E-state index contributed by atoms with van der Waals surface area (Å²) in [5, 5.41) is 25.8. The van der Waals surface area contributed by atoms with Gasteiger partial charge in [-0.2, -0.15) is 0 Å². The molecule has 4 amide bonds. The lowest BCUT2D eigenvalue weighted by molar-refractivity contribution is -0.142. The highest BCUT2D eigenvalue weighted by Gasteiger charge is 2.30. The fourth-order valence-electron chi connectivity index (χ4n) is 2.98. The maximum Gasteiger partial charge on any atom is 0.326 e. The summed E-state index contributed by atoms with van der Waals surface area (Å²) in [6, 6.07) is 1.77. The maximum absolute atomic E-state index is 12.7. The van der Waals surface area contributed by atoms with Crippen molar-refractivity contribution in [3.8, 4) is 5.75 Å². The summed E-state index contributed by atoms with van der Waals surface area (Å²) in [6.45, 7) is 4.76. The van der Waals surface area contributed by atoms with Crippen molar-refractivity contribution >= 4 is 29.6 Å². The van der Waals surface area contributed by atoms with Crippen LogP contribution in [0.1, 0.15) is 39.2 Å². The van der Waals surface area contributed by atoms with Crippen LogP contribution in [0.15, 0.2) is 24.3 Å². The first-order chi connectivity index (χ1) is 15.8. The predicted octanol–water partition coefficient (Wildman–Crippen LogP) is -1.26. The number of hydrogen-bond acceptors (Lipinski definition) is 7. The number of aliphatic carboxylic acids is 1. The summed E-state index contributed by atoms with van der Waals surface area (Å²) in [5.74, 6) is -4.31. The minimum Gasteiger partial charge on any atom is -0.508 e. The second-order valence-electron chi connectivity index (χ2n) is 8.34.